The van der Waals surface area contributed by atoms with E-state index in [2.05, 4.69) is 35.2 Å². The normalized spacial score (nSPS) is 12.2. The number of nitrogens with zero attached hydrogens (tertiary/aromatic N) is 10. The molecule has 0 bridgehead atoms. The van der Waals surface area contributed by atoms with Gasteiger partial charge < -0.3 is 55.7 Å². The molecule has 2 aliphatic rings. The molecule has 100 heavy (non-hydrogen) atoms. The van der Waals surface area contributed by atoms with Crippen molar-refractivity contribution in [3.63, 3.8) is 0 Å². The zero-order chi connectivity index (χ0) is 72.0. The number of rotatable bonds is 13. The summed E-state index contributed by atoms with van der Waals surface area (Å²) in [6.45, 7) is 11.5. The first-order valence-corrected chi connectivity index (χ1v) is 31.2. The maximum absolute atomic E-state index is 14.5. The van der Waals surface area contributed by atoms with E-state index in [1.54, 1.807) is 113 Å². The number of carbonyl (C=O) groups excluding carboxylic acids is 6. The van der Waals surface area contributed by atoms with Crippen molar-refractivity contribution >= 4 is 69.8 Å². The number of imidazole rings is 2. The average Bonchev–Trinajstić information content (AvgIpc) is 1.15. The predicted molar refractivity (Wildman–Crippen MR) is 358 cm³/mol. The summed E-state index contributed by atoms with van der Waals surface area (Å²) in [5.74, 6) is -5.52. The molecule has 25 nitrogen and oxygen atoms in total. The van der Waals surface area contributed by atoms with Gasteiger partial charge in [0, 0.05) is 80.3 Å². The summed E-state index contributed by atoms with van der Waals surface area (Å²) in [7, 11) is 0. The Bertz CT molecular complexity index is 4560. The lowest BCUT2D eigenvalue weighted by Gasteiger charge is -2.19. The molecule has 6 aromatic carbocycles. The molecule has 2 aliphatic heterocycles. The lowest BCUT2D eigenvalue weighted by molar-refractivity contribution is -0.155. The van der Waals surface area contributed by atoms with E-state index in [4.69, 9.17) is 35.5 Å². The number of aliphatic hydroxyl groups excluding tert-OH is 2. The molecule has 12 rings (SSSR count). The molecule has 0 fully saturated rings. The molecule has 0 unspecified atom stereocenters. The largest absolute Gasteiger partial charge is 0.508 e. The number of amides is 3. The van der Waals surface area contributed by atoms with Crippen LogP contribution in [0.25, 0.3) is 44.1 Å². The number of ether oxygens (including phenoxy) is 4. The number of hydrogen-bond donors (Lipinski definition) is 5. The molecule has 0 aliphatic carbocycles. The molecule has 0 atom stereocenters. The van der Waals surface area contributed by atoms with Gasteiger partial charge in [-0.2, -0.15) is 0 Å². The maximum atomic E-state index is 14.5. The van der Waals surface area contributed by atoms with E-state index in [9.17, 15) is 51.4 Å². The highest BCUT2D eigenvalue weighted by Gasteiger charge is 2.30. The summed E-state index contributed by atoms with van der Waals surface area (Å²) in [4.78, 5) is 101. The molecule has 520 valence electrons. The van der Waals surface area contributed by atoms with Crippen molar-refractivity contribution in [3.05, 3.63) is 215 Å². The fourth-order valence-corrected chi connectivity index (χ4v) is 10.5. The molecule has 6 heterocycles. The Morgan fingerprint density at radius 2 is 1.00 bits per heavy atom. The van der Waals surface area contributed by atoms with Crippen LogP contribution in [0.3, 0.4) is 0 Å². The molecule has 10 aromatic rings. The number of aromatic nitrogens is 8. The first kappa shape index (κ1) is 72.5. The van der Waals surface area contributed by atoms with Crippen molar-refractivity contribution < 1.29 is 75.5 Å². The van der Waals surface area contributed by atoms with Crippen LogP contribution >= 0.6 is 0 Å². The third-order valence-electron chi connectivity index (χ3n) is 14.9. The Labute approximate surface area is 570 Å². The molecule has 0 radical (unpaired) electrons. The Hall–Kier alpha value is -11.7. The second kappa shape index (κ2) is 32.1. The van der Waals surface area contributed by atoms with Gasteiger partial charge in [-0.15, -0.1) is 0 Å². The first-order valence-electron chi connectivity index (χ1n) is 31.2. The lowest BCUT2D eigenvalue weighted by Crippen LogP contribution is -2.33. The van der Waals surface area contributed by atoms with Gasteiger partial charge in [0.1, 0.15) is 41.9 Å². The molecule has 0 saturated heterocycles. The third kappa shape index (κ3) is 18.9. The van der Waals surface area contributed by atoms with Gasteiger partial charge in [0.25, 0.3) is 11.8 Å². The highest BCUT2D eigenvalue weighted by molar-refractivity contribution is 6.07. The summed E-state index contributed by atoms with van der Waals surface area (Å²) in [6, 6.07) is 29.0. The van der Waals surface area contributed by atoms with Gasteiger partial charge in [0.05, 0.1) is 30.9 Å². The minimum Gasteiger partial charge on any atom is -0.460 e. The van der Waals surface area contributed by atoms with E-state index < -0.39 is 65.9 Å². The number of anilines is 2. The van der Waals surface area contributed by atoms with Crippen LogP contribution in [0, 0.1) is 23.3 Å². The Morgan fingerprint density at radius 3 is 1.42 bits per heavy atom. The van der Waals surface area contributed by atoms with Crippen LogP contribution in [0.15, 0.2) is 147 Å². The number of nitrogens with two attached hydrogens (primary N) is 2. The van der Waals surface area contributed by atoms with E-state index in [0.29, 0.717) is 64.7 Å². The van der Waals surface area contributed by atoms with Gasteiger partial charge in [-0.25, -0.2) is 61.8 Å². The van der Waals surface area contributed by atoms with Crippen LogP contribution in [0.5, 0.6) is 0 Å². The number of carbonyl (C=O) groups is 6. The number of nitrogen functional groups attached to an aromatic ring is 2. The van der Waals surface area contributed by atoms with Crippen LogP contribution in [0.4, 0.5) is 43.8 Å². The quantitative estimate of drug-likeness (QED) is 0.0310. The maximum Gasteiger partial charge on any atom is 0.508 e. The standard InChI is InChI=1S/C33H32F2N4O6.C24H18F2N4O2.C7H6N4O.C7H15NO3/c1-33(2,3)45-28(40)9-6-12-43-32(42)44-18-22-14-25(34)26(35)15-23(22)19-10-11-27-24(13-19)29(38-31(36)37-27)30(41)39-16-20-7-4-5-8-21(20)17-39;25-19-8-16(12-31)17(9-20(19)26)13-5-6-21-18(7-13)22(29-24(27)28-21)23(32)30-10-14-3-1-2-4-15(14)11-30;12-7(10-3-1-8-5-10)11-4-2-9-6-11;1-7(2,3)11-6(10)8-4-5-9/h4-5,7-8,10-11,13-15H,6,9,12,16-18H2,1-3H3,(H2,36,37,38);1-9,31H,10-12H2,(H2,27,28,29);1-6H;9H,4-5H2,1-3H3,(H,8,10). The Kier molecular flexibility index (Phi) is 23.3. The first-order chi connectivity index (χ1) is 47.6. The van der Waals surface area contributed by atoms with E-state index in [0.717, 1.165) is 46.5 Å². The fourth-order valence-electron chi connectivity index (χ4n) is 10.5. The van der Waals surface area contributed by atoms with Gasteiger partial charge in [0.2, 0.25) is 11.9 Å². The lowest BCUT2D eigenvalue weighted by atomic mass is 9.97. The number of nitrogens with one attached hydrogen (secondary N) is 1. The fraction of sp³-hybridized carbons (Fsp3) is 0.268. The molecule has 0 spiro atoms. The zero-order valence-electron chi connectivity index (χ0n) is 55.3. The summed E-state index contributed by atoms with van der Waals surface area (Å²) < 4.78 is 79.4. The number of hydrogen-bond acceptors (Lipinski definition) is 20. The predicted octanol–water partition coefficient (Wildman–Crippen LogP) is 11.0. The number of fused-ring (bicyclic) bond motifs is 4. The van der Waals surface area contributed by atoms with Gasteiger partial charge in [-0.1, -0.05) is 60.7 Å². The van der Waals surface area contributed by atoms with Gasteiger partial charge in [-0.3, -0.25) is 23.5 Å². The summed E-state index contributed by atoms with van der Waals surface area (Å²) in [5, 5.41) is 21.1. The van der Waals surface area contributed by atoms with Crippen molar-refractivity contribution in [2.24, 2.45) is 0 Å². The second-order valence-electron chi connectivity index (χ2n) is 24.6. The minimum atomic E-state index is -1.13. The molecule has 0 saturated carbocycles. The number of alkyl carbamates (subject to hydrolysis) is 1. The van der Waals surface area contributed by atoms with Gasteiger partial charge in [-0.05, 0) is 147 Å². The number of esters is 1. The van der Waals surface area contributed by atoms with Crippen molar-refractivity contribution in [2.75, 3.05) is 31.2 Å². The summed E-state index contributed by atoms with van der Waals surface area (Å²) in [6.07, 6.45) is 7.89. The van der Waals surface area contributed by atoms with Gasteiger partial charge >= 0.3 is 24.2 Å². The average molecular weight is 1370 g/mol. The molecular formula is C71H71F4N13O12. The summed E-state index contributed by atoms with van der Waals surface area (Å²) >= 11 is 0. The Morgan fingerprint density at radius 1 is 0.560 bits per heavy atom. The molecule has 4 aromatic heterocycles. The minimum absolute atomic E-state index is 0.0332. The van der Waals surface area contributed by atoms with Gasteiger partial charge in [0.15, 0.2) is 23.3 Å². The number of benzene rings is 6. The highest BCUT2D eigenvalue weighted by Crippen LogP contribution is 2.35. The van der Waals surface area contributed by atoms with Crippen LogP contribution < -0.4 is 16.8 Å². The SMILES string of the molecule is CC(C)(C)OC(=O)CCCOC(=O)OCc1cc(F)c(F)cc1-c1ccc2nc(N)nc(C(=O)N3Cc4ccccc4C3)c2c1.CC(C)(C)OC(=O)NCCO.Nc1nc(C(=O)N2Cc3ccccc3C2)c2cc(-c3cc(F)c(F)cc3CO)ccc2n1.O=C(n1ccnc1)n1ccnc1. The Balaban J connectivity index is 0.000000181. The number of halogens is 4. The third-order valence-corrected chi connectivity index (χ3v) is 14.9. The van der Waals surface area contributed by atoms with Crippen LogP contribution in [0.2, 0.25) is 0 Å². The van der Waals surface area contributed by atoms with E-state index in [1.807, 2.05) is 48.5 Å². The highest BCUT2D eigenvalue weighted by atomic mass is 19.2. The summed E-state index contributed by atoms with van der Waals surface area (Å²) in [5.41, 5.74) is 17.8. The van der Waals surface area contributed by atoms with Crippen LogP contribution in [-0.4, -0.2) is 126 Å². The molecular weight excluding hydrogens is 1300 g/mol. The number of aliphatic hydroxyl groups is 2. The zero-order valence-corrected chi connectivity index (χ0v) is 55.3. The van der Waals surface area contributed by atoms with Crippen LogP contribution in [-0.2, 0) is 63.1 Å². The topological polar surface area (TPSA) is 338 Å². The molecule has 29 heteroatoms. The van der Waals surface area contributed by atoms with Crippen molar-refractivity contribution in [1.82, 2.24) is 54.2 Å². The van der Waals surface area contributed by atoms with E-state index in [1.165, 1.54) is 21.8 Å². The second-order valence-corrected chi connectivity index (χ2v) is 24.6. The van der Waals surface area contributed by atoms with E-state index >= 15 is 0 Å². The van der Waals surface area contributed by atoms with E-state index in [-0.39, 0.29) is 90.4 Å². The van der Waals surface area contributed by atoms with Crippen LogP contribution in [0.1, 0.15) is 109 Å². The molecule has 7 N–H and O–H groups in total. The van der Waals surface area contributed by atoms with Crippen molar-refractivity contribution in [3.8, 4) is 22.3 Å². The van der Waals surface area contributed by atoms with Crippen molar-refractivity contribution in [2.45, 2.75) is 105 Å². The smallest absolute Gasteiger partial charge is 0.460 e. The van der Waals surface area contributed by atoms with Crippen molar-refractivity contribution in [1.29, 1.82) is 0 Å². The monoisotopic (exact) mass is 1370 g/mol. The molecule has 3 amide bonds.